The first-order chi connectivity index (χ1) is 37.1. The predicted molar refractivity (Wildman–Crippen MR) is 296 cm³/mol. The summed E-state index contributed by atoms with van der Waals surface area (Å²) in [6.07, 6.45) is -1.45. The van der Waals surface area contributed by atoms with Gasteiger partial charge in [0.15, 0.2) is 37.5 Å². The molecule has 2 unspecified atom stereocenters. The van der Waals surface area contributed by atoms with Gasteiger partial charge in [0.25, 0.3) is 11.8 Å². The lowest BCUT2D eigenvalue weighted by molar-refractivity contribution is -0.0523. The summed E-state index contributed by atoms with van der Waals surface area (Å²) >= 11 is 35.9. The Morgan fingerprint density at radius 2 is 1.18 bits per heavy atom. The van der Waals surface area contributed by atoms with Crippen LogP contribution in [0, 0.1) is 0 Å². The molecule has 3 aromatic rings. The van der Waals surface area contributed by atoms with Crippen LogP contribution in [-0.2, 0) is 28.2 Å². The van der Waals surface area contributed by atoms with E-state index in [1.165, 1.54) is 43.4 Å². The highest BCUT2D eigenvalue weighted by Gasteiger charge is 2.54. The van der Waals surface area contributed by atoms with Crippen LogP contribution in [-0.4, -0.2) is 136 Å². The van der Waals surface area contributed by atoms with Gasteiger partial charge in [0.1, 0.15) is 24.7 Å². The van der Waals surface area contributed by atoms with E-state index < -0.39 is 110 Å². The van der Waals surface area contributed by atoms with Crippen molar-refractivity contribution < 1.29 is 82.5 Å². The topological polar surface area (TPSA) is 198 Å². The molecule has 4 aliphatic heterocycles. The molecule has 0 N–H and O–H groups in total. The van der Waals surface area contributed by atoms with Crippen molar-refractivity contribution in [2.75, 3.05) is 57.6 Å². The van der Waals surface area contributed by atoms with Crippen molar-refractivity contribution in [3.8, 4) is 28.7 Å². The highest BCUT2D eigenvalue weighted by Crippen LogP contribution is 2.48. The first-order valence-corrected chi connectivity index (χ1v) is 30.8. The molecule has 0 spiro atoms. The Morgan fingerprint density at radius 3 is 1.64 bits per heavy atom. The molecule has 438 valence electrons. The fraction of sp³-hybridized carbons (Fsp3) is 0.480. The zero-order chi connectivity index (χ0) is 59.2. The van der Waals surface area contributed by atoms with E-state index in [2.05, 4.69) is 4.18 Å². The summed E-state index contributed by atoms with van der Waals surface area (Å²) < 4.78 is 113. The fourth-order valence-electron chi connectivity index (χ4n) is 8.84. The molecule has 3 aromatic carbocycles. The molecule has 4 amide bonds. The van der Waals surface area contributed by atoms with Gasteiger partial charge in [-0.1, -0.05) is 103 Å². The Labute approximate surface area is 490 Å². The maximum Gasteiger partial charge on any atom is 0.534 e. The summed E-state index contributed by atoms with van der Waals surface area (Å²) in [5.74, 6) is -1.39. The first-order valence-electron chi connectivity index (χ1n) is 24.2. The lowest BCUT2D eigenvalue weighted by atomic mass is 9.98. The molecule has 0 aromatic heterocycles. The van der Waals surface area contributed by atoms with Crippen LogP contribution in [0.2, 0.25) is 18.1 Å². The van der Waals surface area contributed by atoms with Crippen LogP contribution >= 0.6 is 69.6 Å². The monoisotopic (exact) mass is 1280 g/mol. The number of ether oxygens (including phenoxy) is 7. The molecule has 0 bridgehead atoms. The number of carbonyl (C=O) groups excluding carboxylic acids is 4. The van der Waals surface area contributed by atoms with Gasteiger partial charge >= 0.3 is 27.8 Å². The minimum absolute atomic E-state index is 0.0360. The number of hydrogen-bond donors (Lipinski definition) is 0. The molecule has 4 heterocycles. The van der Waals surface area contributed by atoms with Crippen molar-refractivity contribution in [3.63, 3.8) is 0 Å². The van der Waals surface area contributed by atoms with E-state index in [0.29, 0.717) is 12.2 Å². The zero-order valence-corrected chi connectivity index (χ0v) is 50.6. The largest absolute Gasteiger partial charge is 0.534 e. The van der Waals surface area contributed by atoms with E-state index in [1.807, 2.05) is 32.9 Å². The zero-order valence-electron chi connectivity index (χ0n) is 44.3. The number of methoxy groups -OCH3 is 3. The first kappa shape index (κ1) is 62.7. The minimum atomic E-state index is -6.21. The quantitative estimate of drug-likeness (QED) is 0.0431. The summed E-state index contributed by atoms with van der Waals surface area (Å²) in [7, 11) is -5.12. The van der Waals surface area contributed by atoms with Gasteiger partial charge in [-0.2, -0.15) is 21.6 Å². The second-order valence-electron chi connectivity index (χ2n) is 20.1. The van der Waals surface area contributed by atoms with Crippen LogP contribution in [0.5, 0.6) is 28.7 Å². The highest BCUT2D eigenvalue weighted by molar-refractivity contribution is 7.87. The van der Waals surface area contributed by atoms with Crippen molar-refractivity contribution in [2.45, 2.75) is 103 Å². The molecule has 0 fully saturated rings. The fourth-order valence-corrected chi connectivity index (χ4v) is 10.9. The number of benzene rings is 3. The summed E-state index contributed by atoms with van der Waals surface area (Å²) in [6, 6.07) is 10.0. The van der Waals surface area contributed by atoms with Crippen LogP contribution in [0.1, 0.15) is 73.2 Å². The third-order valence-electron chi connectivity index (χ3n) is 13.8. The van der Waals surface area contributed by atoms with Crippen LogP contribution < -0.4 is 33.5 Å². The number of amides is 4. The maximum atomic E-state index is 14.7. The maximum absolute atomic E-state index is 14.7. The Balaban J connectivity index is 1.20. The van der Waals surface area contributed by atoms with Crippen LogP contribution in [0.4, 0.5) is 34.1 Å². The predicted octanol–water partition coefficient (Wildman–Crippen LogP) is 12.1. The van der Waals surface area contributed by atoms with Gasteiger partial charge in [0.2, 0.25) is 7.59 Å². The number of nitrogens with zero attached hydrogens (tertiary/aromatic N) is 4. The molecule has 4 atom stereocenters. The standard InChI is InChI=1S/C50H55Cl6F3N4O15SSi/c1-27-34-17-29(28-11-13-30(70-5)14-12-28)23-60(34)42(64)32-19-38(71-6)40(21-35(32)62(27)45(66)75-25-48(51,52)53)73-15-10-16-74-41-22-36-33(20-39(41)72-7)43(65)61-24-31(77-79(68,69)50(57,58)59)18-37(61)44(78-80(8,9)47(2,3)4)63(36)46(67)76-26-49(54,55)56/h11-14,19-24,27,34,37,44H,10,15-18,25-26H2,1-9H3/t27-,34?,37?,44-/m1/s1. The summed E-state index contributed by atoms with van der Waals surface area (Å²) in [6.45, 7) is 9.30. The van der Waals surface area contributed by atoms with Crippen molar-refractivity contribution in [1.82, 2.24) is 9.80 Å². The molecular weight excluding hydrogens is 1230 g/mol. The molecule has 19 nitrogen and oxygen atoms in total. The molecular formula is C50H55Cl6F3N4O15SSi. The van der Waals surface area contributed by atoms with Crippen LogP contribution in [0.3, 0.4) is 0 Å². The van der Waals surface area contributed by atoms with Gasteiger partial charge in [0.05, 0.1) is 75.2 Å². The average Bonchev–Trinajstić information content (AvgIpc) is 3.97. The SMILES string of the molecule is COc1ccc(C2=CN3C(=O)c4cc(OC)c(OCCCOc5cc6c(cc5OC)C(=O)N5C=C(OS(=O)(=O)C(F)(F)F)CC5[C@@H](O[Si](C)(C)C(C)(C)C)N6C(=O)OCC(Cl)(Cl)Cl)cc4N(C(=O)OCC(Cl)(Cl)Cl)[C@H](C)C3C2)cc1. The third-order valence-corrected chi connectivity index (χ3v) is 19.9. The van der Waals surface area contributed by atoms with E-state index >= 15 is 0 Å². The number of carbonyl (C=O) groups is 4. The van der Waals surface area contributed by atoms with Gasteiger partial charge in [0, 0.05) is 37.4 Å². The van der Waals surface area contributed by atoms with Crippen molar-refractivity contribution >= 4 is 129 Å². The molecule has 7 rings (SSSR count). The van der Waals surface area contributed by atoms with Gasteiger partial charge < -0.3 is 51.6 Å². The Kier molecular flexibility index (Phi) is 18.6. The second-order valence-corrected chi connectivity index (χ2v) is 31.4. The molecule has 30 heteroatoms. The summed E-state index contributed by atoms with van der Waals surface area (Å²) in [5, 5.41) is -0.597. The normalized spacial score (nSPS) is 19.6. The Hall–Kier alpha value is -4.92. The van der Waals surface area contributed by atoms with Gasteiger partial charge in [-0.25, -0.2) is 14.5 Å². The van der Waals surface area contributed by atoms with E-state index in [9.17, 15) is 40.8 Å². The second kappa shape index (κ2) is 23.7. The van der Waals surface area contributed by atoms with Gasteiger partial charge in [-0.15, -0.1) is 0 Å². The van der Waals surface area contributed by atoms with Crippen molar-refractivity contribution in [3.05, 3.63) is 83.4 Å². The number of hydrogen-bond acceptors (Lipinski definition) is 15. The molecule has 4 aliphatic rings. The lowest BCUT2D eigenvalue weighted by Gasteiger charge is -2.44. The Bertz CT molecular complexity index is 3070. The van der Waals surface area contributed by atoms with E-state index in [0.717, 1.165) is 27.1 Å². The van der Waals surface area contributed by atoms with Crippen LogP contribution in [0.25, 0.3) is 5.57 Å². The molecule has 0 saturated heterocycles. The smallest absolute Gasteiger partial charge is 0.497 e. The number of anilines is 2. The third kappa shape index (κ3) is 13.6. The molecule has 0 radical (unpaired) electrons. The van der Waals surface area contributed by atoms with Crippen molar-refractivity contribution in [1.29, 1.82) is 0 Å². The van der Waals surface area contributed by atoms with Crippen LogP contribution in [0.15, 0.2) is 66.7 Å². The molecule has 80 heavy (non-hydrogen) atoms. The Morgan fingerprint density at radius 1 is 0.688 bits per heavy atom. The summed E-state index contributed by atoms with van der Waals surface area (Å²) in [4.78, 5) is 62.5. The number of fused-ring (bicyclic) bond motifs is 4. The average molecular weight is 1280 g/mol. The lowest BCUT2D eigenvalue weighted by Crippen LogP contribution is -2.58. The van der Waals surface area contributed by atoms with E-state index in [1.54, 1.807) is 50.4 Å². The van der Waals surface area contributed by atoms with E-state index in [-0.39, 0.29) is 65.1 Å². The summed E-state index contributed by atoms with van der Waals surface area (Å²) in [5.41, 5.74) is -4.47. The molecule has 0 aliphatic carbocycles. The minimum Gasteiger partial charge on any atom is -0.497 e. The van der Waals surface area contributed by atoms with E-state index in [4.69, 9.17) is 107 Å². The van der Waals surface area contributed by atoms with Crippen molar-refractivity contribution in [2.24, 2.45) is 0 Å². The van der Waals surface area contributed by atoms with Gasteiger partial charge in [-0.3, -0.25) is 14.5 Å². The highest BCUT2D eigenvalue weighted by atomic mass is 35.6. The number of halogens is 9. The number of alkyl halides is 9. The molecule has 0 saturated carbocycles. The number of rotatable bonds is 16. The van der Waals surface area contributed by atoms with Gasteiger partial charge in [-0.05, 0) is 66.9 Å².